The van der Waals surface area contributed by atoms with Gasteiger partial charge in [0, 0.05) is 11.1 Å². The molecule has 2 atom stereocenters. The fraction of sp³-hybridized carbons (Fsp3) is 0.700. The Bertz CT molecular complexity index is 565. The molecule has 4 aliphatic rings. The topological polar surface area (TPSA) is 52.0 Å². The summed E-state index contributed by atoms with van der Waals surface area (Å²) < 4.78 is 0. The van der Waals surface area contributed by atoms with E-state index in [2.05, 4.69) is 45.0 Å². The van der Waals surface area contributed by atoms with Gasteiger partial charge in [0.15, 0.2) is 0 Å². The molecule has 4 bridgehead atoms. The van der Waals surface area contributed by atoms with E-state index in [0.29, 0.717) is 11.8 Å². The quantitative estimate of drug-likeness (QED) is 0.831. The van der Waals surface area contributed by atoms with Crippen molar-refractivity contribution in [1.29, 1.82) is 0 Å². The summed E-state index contributed by atoms with van der Waals surface area (Å²) >= 11 is 0. The van der Waals surface area contributed by atoms with Gasteiger partial charge in [-0.25, -0.2) is 0 Å². The van der Waals surface area contributed by atoms with Crippen LogP contribution in [0.15, 0.2) is 24.3 Å². The normalized spacial score (nSPS) is 43.6. The SMILES string of the molecule is CC(C)(C)c1ccc(C2(N)C3CC4CC2CC(N)(C4)C3)cc1. The summed E-state index contributed by atoms with van der Waals surface area (Å²) in [6, 6.07) is 9.17. The van der Waals surface area contributed by atoms with E-state index in [4.69, 9.17) is 11.5 Å². The molecule has 4 aliphatic carbocycles. The van der Waals surface area contributed by atoms with Gasteiger partial charge in [0.2, 0.25) is 0 Å². The molecule has 0 spiro atoms. The summed E-state index contributed by atoms with van der Waals surface area (Å²) in [7, 11) is 0. The van der Waals surface area contributed by atoms with Crippen LogP contribution >= 0.6 is 0 Å². The second kappa shape index (κ2) is 4.36. The maximum atomic E-state index is 7.08. The van der Waals surface area contributed by atoms with Crippen LogP contribution in [0.4, 0.5) is 0 Å². The first-order valence-electron chi connectivity index (χ1n) is 8.89. The molecule has 4 N–H and O–H groups in total. The molecular weight excluding hydrogens is 268 g/mol. The van der Waals surface area contributed by atoms with E-state index in [1.165, 1.54) is 30.4 Å². The minimum Gasteiger partial charge on any atom is -0.325 e. The van der Waals surface area contributed by atoms with Crippen molar-refractivity contribution in [2.45, 2.75) is 69.4 Å². The van der Waals surface area contributed by atoms with Crippen LogP contribution in [0.5, 0.6) is 0 Å². The minimum absolute atomic E-state index is 0.0880. The summed E-state index contributed by atoms with van der Waals surface area (Å²) in [5.41, 5.74) is 16.6. The highest BCUT2D eigenvalue weighted by Gasteiger charge is 2.60. The Labute approximate surface area is 134 Å². The summed E-state index contributed by atoms with van der Waals surface area (Å²) in [6.45, 7) is 6.80. The van der Waals surface area contributed by atoms with Crippen molar-refractivity contribution in [3.63, 3.8) is 0 Å². The molecule has 0 aromatic heterocycles. The number of nitrogens with two attached hydrogens (primary N) is 2. The molecule has 2 nitrogen and oxygen atoms in total. The lowest BCUT2D eigenvalue weighted by Crippen LogP contribution is -2.68. The fourth-order valence-corrected chi connectivity index (χ4v) is 5.83. The minimum atomic E-state index is -0.143. The Balaban J connectivity index is 1.70. The Morgan fingerprint density at radius 3 is 1.91 bits per heavy atom. The molecule has 0 aliphatic heterocycles. The van der Waals surface area contributed by atoms with Crippen LogP contribution in [-0.4, -0.2) is 5.54 Å². The lowest BCUT2D eigenvalue weighted by molar-refractivity contribution is -0.0716. The Morgan fingerprint density at radius 1 is 0.909 bits per heavy atom. The van der Waals surface area contributed by atoms with Gasteiger partial charge in [-0.05, 0) is 66.4 Å². The average Bonchev–Trinajstić information content (AvgIpc) is 2.42. The van der Waals surface area contributed by atoms with Crippen LogP contribution in [0.1, 0.15) is 64.0 Å². The zero-order valence-electron chi connectivity index (χ0n) is 14.2. The van der Waals surface area contributed by atoms with E-state index in [-0.39, 0.29) is 16.5 Å². The number of hydrogen-bond acceptors (Lipinski definition) is 2. The molecule has 0 radical (unpaired) electrons. The Kier molecular flexibility index (Phi) is 2.92. The zero-order valence-corrected chi connectivity index (χ0v) is 14.2. The van der Waals surface area contributed by atoms with Gasteiger partial charge < -0.3 is 11.5 Å². The monoisotopic (exact) mass is 298 g/mol. The summed E-state index contributed by atoms with van der Waals surface area (Å²) in [6.07, 6.45) is 6.05. The van der Waals surface area contributed by atoms with Gasteiger partial charge in [-0.15, -0.1) is 0 Å². The molecule has 0 saturated heterocycles. The van der Waals surface area contributed by atoms with E-state index in [1.807, 2.05) is 0 Å². The van der Waals surface area contributed by atoms with Crippen molar-refractivity contribution in [3.8, 4) is 0 Å². The second-order valence-corrected chi connectivity index (χ2v) is 9.47. The lowest BCUT2D eigenvalue weighted by atomic mass is 9.45. The van der Waals surface area contributed by atoms with Crippen molar-refractivity contribution in [1.82, 2.24) is 0 Å². The van der Waals surface area contributed by atoms with E-state index in [9.17, 15) is 0 Å². The summed E-state index contributed by atoms with van der Waals surface area (Å²) in [5, 5.41) is 0. The van der Waals surface area contributed by atoms with Crippen LogP contribution in [0.25, 0.3) is 0 Å². The highest BCUT2D eigenvalue weighted by molar-refractivity contribution is 5.35. The van der Waals surface area contributed by atoms with Crippen LogP contribution in [-0.2, 0) is 11.0 Å². The van der Waals surface area contributed by atoms with Crippen LogP contribution < -0.4 is 11.5 Å². The molecule has 4 fully saturated rings. The predicted octanol–water partition coefficient (Wildman–Crippen LogP) is 3.68. The molecule has 120 valence electrons. The molecule has 5 rings (SSSR count). The molecule has 0 heterocycles. The van der Waals surface area contributed by atoms with Gasteiger partial charge in [-0.1, -0.05) is 45.0 Å². The standard InChI is InChI=1S/C20H30N2/c1-18(2,3)14-4-6-15(7-5-14)20(22)16-8-13-9-17(20)12-19(21,10-13)11-16/h4-7,13,16-17H,8-12,21-22H2,1-3H3. The first kappa shape index (κ1) is 14.7. The van der Waals surface area contributed by atoms with Crippen molar-refractivity contribution in [2.24, 2.45) is 29.2 Å². The number of rotatable bonds is 1. The molecule has 2 heteroatoms. The first-order valence-corrected chi connectivity index (χ1v) is 8.89. The number of hydrogen-bond donors (Lipinski definition) is 2. The lowest BCUT2D eigenvalue weighted by Gasteiger charge is -2.63. The predicted molar refractivity (Wildman–Crippen MR) is 91.5 cm³/mol. The third kappa shape index (κ3) is 2.00. The van der Waals surface area contributed by atoms with Crippen LogP contribution in [0.3, 0.4) is 0 Å². The van der Waals surface area contributed by atoms with Crippen molar-refractivity contribution in [3.05, 3.63) is 35.4 Å². The van der Waals surface area contributed by atoms with Gasteiger partial charge in [-0.2, -0.15) is 0 Å². The number of benzene rings is 1. The van der Waals surface area contributed by atoms with Gasteiger partial charge in [0.05, 0.1) is 0 Å². The molecule has 0 amide bonds. The van der Waals surface area contributed by atoms with E-state index < -0.39 is 0 Å². The molecular formula is C20H30N2. The van der Waals surface area contributed by atoms with E-state index in [1.54, 1.807) is 0 Å². The van der Waals surface area contributed by atoms with Gasteiger partial charge in [0.25, 0.3) is 0 Å². The zero-order chi connectivity index (χ0) is 15.8. The largest absolute Gasteiger partial charge is 0.325 e. The highest BCUT2D eigenvalue weighted by Crippen LogP contribution is 2.61. The summed E-state index contributed by atoms with van der Waals surface area (Å²) in [4.78, 5) is 0. The molecule has 22 heavy (non-hydrogen) atoms. The Morgan fingerprint density at radius 2 is 1.45 bits per heavy atom. The van der Waals surface area contributed by atoms with Crippen LogP contribution in [0, 0.1) is 17.8 Å². The third-order valence-electron chi connectivity index (χ3n) is 6.84. The average molecular weight is 298 g/mol. The second-order valence-electron chi connectivity index (χ2n) is 9.47. The van der Waals surface area contributed by atoms with E-state index in [0.717, 1.165) is 18.8 Å². The highest BCUT2D eigenvalue weighted by atomic mass is 14.9. The van der Waals surface area contributed by atoms with Crippen molar-refractivity contribution in [2.75, 3.05) is 0 Å². The smallest absolute Gasteiger partial charge is 0.0468 e. The maximum absolute atomic E-state index is 7.08. The van der Waals surface area contributed by atoms with Crippen molar-refractivity contribution < 1.29 is 0 Å². The fourth-order valence-electron chi connectivity index (χ4n) is 5.83. The molecule has 1 aromatic rings. The van der Waals surface area contributed by atoms with E-state index >= 15 is 0 Å². The van der Waals surface area contributed by atoms with Crippen LogP contribution in [0.2, 0.25) is 0 Å². The molecule has 2 unspecified atom stereocenters. The maximum Gasteiger partial charge on any atom is 0.0468 e. The van der Waals surface area contributed by atoms with Gasteiger partial charge in [-0.3, -0.25) is 0 Å². The molecule has 1 aromatic carbocycles. The van der Waals surface area contributed by atoms with Gasteiger partial charge >= 0.3 is 0 Å². The summed E-state index contributed by atoms with van der Waals surface area (Å²) in [5.74, 6) is 1.97. The van der Waals surface area contributed by atoms with Crippen molar-refractivity contribution >= 4 is 0 Å². The molecule has 4 saturated carbocycles. The third-order valence-corrected chi connectivity index (χ3v) is 6.84. The Hall–Kier alpha value is -0.860. The first-order chi connectivity index (χ1) is 10.2. The van der Waals surface area contributed by atoms with Gasteiger partial charge in [0.1, 0.15) is 0 Å².